The van der Waals surface area contributed by atoms with Crippen LogP contribution in [0.4, 0.5) is 5.69 Å². The van der Waals surface area contributed by atoms with Gasteiger partial charge in [0.2, 0.25) is 5.91 Å². The van der Waals surface area contributed by atoms with Crippen molar-refractivity contribution >= 4 is 36.4 Å². The molecule has 0 saturated carbocycles. The normalized spacial score (nSPS) is 11.6. The Morgan fingerprint density at radius 3 is 2.36 bits per heavy atom. The Bertz CT molecular complexity index is 431. The second kappa shape index (κ2) is 11.7. The number of benzene rings is 1. The van der Waals surface area contributed by atoms with E-state index in [1.807, 2.05) is 37.2 Å². The summed E-state index contributed by atoms with van der Waals surface area (Å²) in [7, 11) is 3.87. The Morgan fingerprint density at radius 2 is 1.86 bits per heavy atom. The molecule has 128 valence electrons. The minimum absolute atomic E-state index is 0. The maximum atomic E-state index is 12.4. The van der Waals surface area contributed by atoms with Crippen LogP contribution in [0.1, 0.15) is 26.3 Å². The molecule has 0 radical (unpaired) electrons. The van der Waals surface area contributed by atoms with Crippen molar-refractivity contribution in [3.63, 3.8) is 0 Å². The lowest BCUT2D eigenvalue weighted by molar-refractivity contribution is -0.121. The van der Waals surface area contributed by atoms with Gasteiger partial charge in [-0.1, -0.05) is 32.9 Å². The Kier molecular flexibility index (Phi) is 12.5. The van der Waals surface area contributed by atoms with Gasteiger partial charge in [0.25, 0.3) is 0 Å². The number of rotatable bonds is 7. The Balaban J connectivity index is 0. The maximum absolute atomic E-state index is 12.4. The molecule has 4 nitrogen and oxygen atoms in total. The van der Waals surface area contributed by atoms with Crippen molar-refractivity contribution in [2.24, 2.45) is 5.92 Å². The molecule has 0 heterocycles. The average Bonchev–Trinajstić information content (AvgIpc) is 2.35. The molecule has 0 aliphatic heterocycles. The molecule has 0 aliphatic carbocycles. The monoisotopic (exact) mass is 349 g/mol. The molecular weight excluding hydrogens is 321 g/mol. The predicted octanol–water partition coefficient (Wildman–Crippen LogP) is 3.16. The van der Waals surface area contributed by atoms with E-state index in [1.54, 1.807) is 0 Å². The van der Waals surface area contributed by atoms with Gasteiger partial charge >= 0.3 is 0 Å². The zero-order valence-corrected chi connectivity index (χ0v) is 15.7. The second-order valence-electron chi connectivity index (χ2n) is 5.62. The minimum atomic E-state index is -0.118. The zero-order chi connectivity index (χ0) is 15.1. The van der Waals surface area contributed by atoms with Crippen LogP contribution in [0, 0.1) is 5.92 Å². The summed E-state index contributed by atoms with van der Waals surface area (Å²) in [5.74, 6) is 0.320. The third-order valence-corrected chi connectivity index (χ3v) is 3.23. The molecular formula is C16H29Cl2N3O. The molecule has 22 heavy (non-hydrogen) atoms. The summed E-state index contributed by atoms with van der Waals surface area (Å²) >= 11 is 0. The van der Waals surface area contributed by atoms with Crippen molar-refractivity contribution in [2.45, 2.75) is 33.4 Å². The number of nitrogens with zero attached hydrogens (tertiary/aromatic N) is 1. The molecule has 0 bridgehead atoms. The van der Waals surface area contributed by atoms with E-state index >= 15 is 0 Å². The summed E-state index contributed by atoms with van der Waals surface area (Å²) in [5.41, 5.74) is 2.04. The summed E-state index contributed by atoms with van der Waals surface area (Å²) in [5, 5.41) is 6.30. The largest absolute Gasteiger partial charge is 0.325 e. The molecule has 1 unspecified atom stereocenters. The SMILES string of the molecule is CCNCc1cccc(NC(=O)C(C(C)C)N(C)C)c1.Cl.Cl. The van der Waals surface area contributed by atoms with Gasteiger partial charge in [0.1, 0.15) is 0 Å². The highest BCUT2D eigenvalue weighted by Crippen LogP contribution is 2.14. The highest BCUT2D eigenvalue weighted by molar-refractivity contribution is 5.95. The van der Waals surface area contributed by atoms with Gasteiger partial charge in [-0.3, -0.25) is 9.69 Å². The van der Waals surface area contributed by atoms with Crippen molar-refractivity contribution in [1.29, 1.82) is 0 Å². The zero-order valence-electron chi connectivity index (χ0n) is 14.1. The van der Waals surface area contributed by atoms with E-state index in [-0.39, 0.29) is 42.7 Å². The first-order chi connectivity index (χ1) is 9.45. The molecule has 2 N–H and O–H groups in total. The van der Waals surface area contributed by atoms with E-state index in [1.165, 1.54) is 5.56 Å². The number of nitrogens with one attached hydrogen (secondary N) is 2. The Labute approximate surface area is 146 Å². The number of likely N-dealkylation sites (N-methyl/N-ethyl adjacent to an activating group) is 1. The summed E-state index contributed by atoms with van der Waals surface area (Å²) in [4.78, 5) is 14.3. The first-order valence-corrected chi connectivity index (χ1v) is 7.22. The van der Waals surface area contributed by atoms with Crippen molar-refractivity contribution in [1.82, 2.24) is 10.2 Å². The lowest BCUT2D eigenvalue weighted by atomic mass is 10.0. The molecule has 1 amide bonds. The molecule has 1 rings (SSSR count). The minimum Gasteiger partial charge on any atom is -0.325 e. The van der Waals surface area contributed by atoms with Crippen LogP contribution in [-0.2, 0) is 11.3 Å². The topological polar surface area (TPSA) is 44.4 Å². The van der Waals surface area contributed by atoms with Crippen LogP contribution in [0.5, 0.6) is 0 Å². The van der Waals surface area contributed by atoms with Gasteiger partial charge in [0.05, 0.1) is 6.04 Å². The van der Waals surface area contributed by atoms with E-state index in [0.717, 1.165) is 18.8 Å². The number of anilines is 1. The second-order valence-corrected chi connectivity index (χ2v) is 5.62. The molecule has 0 aliphatic rings. The van der Waals surface area contributed by atoms with Crippen molar-refractivity contribution in [3.05, 3.63) is 29.8 Å². The van der Waals surface area contributed by atoms with Gasteiger partial charge in [-0.25, -0.2) is 0 Å². The van der Waals surface area contributed by atoms with E-state index in [2.05, 4.69) is 37.5 Å². The number of carbonyl (C=O) groups is 1. The maximum Gasteiger partial charge on any atom is 0.241 e. The number of hydrogen-bond donors (Lipinski definition) is 2. The Hall–Kier alpha value is -0.810. The van der Waals surface area contributed by atoms with E-state index in [4.69, 9.17) is 0 Å². The standard InChI is InChI=1S/C16H27N3O.2ClH/c1-6-17-11-13-8-7-9-14(10-13)18-16(20)15(12(2)3)19(4)5;;/h7-10,12,15,17H,6,11H2,1-5H3,(H,18,20);2*1H. The number of halogens is 2. The molecule has 1 aromatic carbocycles. The van der Waals surface area contributed by atoms with Crippen LogP contribution >= 0.6 is 24.8 Å². The van der Waals surface area contributed by atoms with Gasteiger partial charge in [-0.2, -0.15) is 0 Å². The van der Waals surface area contributed by atoms with Crippen LogP contribution in [0.2, 0.25) is 0 Å². The number of hydrogen-bond acceptors (Lipinski definition) is 3. The lowest BCUT2D eigenvalue weighted by Gasteiger charge is -2.26. The van der Waals surface area contributed by atoms with Crippen LogP contribution < -0.4 is 10.6 Å². The molecule has 0 saturated heterocycles. The van der Waals surface area contributed by atoms with Crippen LogP contribution in [0.25, 0.3) is 0 Å². The highest BCUT2D eigenvalue weighted by Gasteiger charge is 2.24. The fourth-order valence-electron chi connectivity index (χ4n) is 2.38. The first-order valence-electron chi connectivity index (χ1n) is 7.22. The Morgan fingerprint density at radius 1 is 1.23 bits per heavy atom. The fourth-order valence-corrected chi connectivity index (χ4v) is 2.38. The molecule has 6 heteroatoms. The highest BCUT2D eigenvalue weighted by atomic mass is 35.5. The van der Waals surface area contributed by atoms with Crippen LogP contribution in [-0.4, -0.2) is 37.5 Å². The van der Waals surface area contributed by atoms with Crippen LogP contribution in [0.15, 0.2) is 24.3 Å². The summed E-state index contributed by atoms with van der Waals surface area (Å²) in [6.45, 7) is 7.96. The summed E-state index contributed by atoms with van der Waals surface area (Å²) in [6, 6.07) is 7.87. The van der Waals surface area contributed by atoms with E-state index in [0.29, 0.717) is 0 Å². The van der Waals surface area contributed by atoms with Gasteiger partial charge in [0.15, 0.2) is 0 Å². The smallest absolute Gasteiger partial charge is 0.241 e. The third-order valence-electron chi connectivity index (χ3n) is 3.23. The van der Waals surface area contributed by atoms with Crippen LogP contribution in [0.3, 0.4) is 0 Å². The molecule has 0 aromatic heterocycles. The van der Waals surface area contributed by atoms with Gasteiger partial charge < -0.3 is 10.6 Å². The summed E-state index contributed by atoms with van der Waals surface area (Å²) in [6.07, 6.45) is 0. The molecule has 0 spiro atoms. The first kappa shape index (κ1) is 23.5. The summed E-state index contributed by atoms with van der Waals surface area (Å²) < 4.78 is 0. The molecule has 1 aromatic rings. The molecule has 0 fully saturated rings. The quantitative estimate of drug-likeness (QED) is 0.794. The average molecular weight is 350 g/mol. The van der Waals surface area contributed by atoms with E-state index < -0.39 is 0 Å². The lowest BCUT2D eigenvalue weighted by Crippen LogP contribution is -2.43. The van der Waals surface area contributed by atoms with Gasteiger partial charge in [0, 0.05) is 12.2 Å². The van der Waals surface area contributed by atoms with Gasteiger partial charge in [-0.05, 0) is 44.3 Å². The number of amides is 1. The molecule has 1 atom stereocenters. The predicted molar refractivity (Wildman–Crippen MR) is 99.3 cm³/mol. The van der Waals surface area contributed by atoms with E-state index in [9.17, 15) is 4.79 Å². The number of carbonyl (C=O) groups excluding carboxylic acids is 1. The van der Waals surface area contributed by atoms with Crippen molar-refractivity contribution < 1.29 is 4.79 Å². The van der Waals surface area contributed by atoms with Crippen molar-refractivity contribution in [2.75, 3.05) is 26.0 Å². The van der Waals surface area contributed by atoms with Crippen molar-refractivity contribution in [3.8, 4) is 0 Å². The third kappa shape index (κ3) is 7.45. The fraction of sp³-hybridized carbons (Fsp3) is 0.562. The van der Waals surface area contributed by atoms with Gasteiger partial charge in [-0.15, -0.1) is 24.8 Å².